The zero-order valence-corrected chi connectivity index (χ0v) is 16.4. The summed E-state index contributed by atoms with van der Waals surface area (Å²) >= 11 is 0. The number of halogens is 4. The molecule has 0 aliphatic carbocycles. The SMILES string of the molecule is CC(=O)CC(c1ccc(OCc2ccccc2C(F)(F)F)cc1F)c1cn[nH]c1C. The zero-order chi connectivity index (χ0) is 21.9. The van der Waals surface area contributed by atoms with Gasteiger partial charge in [-0.2, -0.15) is 18.3 Å². The van der Waals surface area contributed by atoms with Crippen molar-refractivity contribution in [3.63, 3.8) is 0 Å². The van der Waals surface area contributed by atoms with Gasteiger partial charge >= 0.3 is 6.18 Å². The molecule has 0 fully saturated rings. The number of benzene rings is 2. The van der Waals surface area contributed by atoms with E-state index in [2.05, 4.69) is 10.2 Å². The molecule has 1 aromatic heterocycles. The van der Waals surface area contributed by atoms with Gasteiger partial charge in [-0.05, 0) is 31.5 Å². The lowest BCUT2D eigenvalue weighted by Crippen LogP contribution is -2.11. The molecule has 0 aliphatic rings. The minimum Gasteiger partial charge on any atom is -0.489 e. The minimum atomic E-state index is -4.50. The largest absolute Gasteiger partial charge is 0.489 e. The molecule has 8 heteroatoms. The van der Waals surface area contributed by atoms with E-state index in [1.165, 1.54) is 37.3 Å². The molecule has 3 aromatic rings. The highest BCUT2D eigenvalue weighted by molar-refractivity contribution is 5.77. The number of aromatic nitrogens is 2. The third-order valence-electron chi connectivity index (χ3n) is 4.80. The fourth-order valence-electron chi connectivity index (χ4n) is 3.35. The first-order valence-electron chi connectivity index (χ1n) is 9.23. The summed E-state index contributed by atoms with van der Waals surface area (Å²) in [6.07, 6.45) is -2.85. The van der Waals surface area contributed by atoms with Crippen LogP contribution in [0.5, 0.6) is 5.75 Å². The number of aryl methyl sites for hydroxylation is 1. The van der Waals surface area contributed by atoms with Crippen molar-refractivity contribution in [1.29, 1.82) is 0 Å². The lowest BCUT2D eigenvalue weighted by molar-refractivity contribution is -0.138. The summed E-state index contributed by atoms with van der Waals surface area (Å²) in [5, 5.41) is 6.72. The van der Waals surface area contributed by atoms with Crippen molar-refractivity contribution in [2.45, 2.75) is 39.0 Å². The molecule has 4 nitrogen and oxygen atoms in total. The first kappa shape index (κ1) is 21.5. The molecule has 1 atom stereocenters. The highest BCUT2D eigenvalue weighted by atomic mass is 19.4. The predicted molar refractivity (Wildman–Crippen MR) is 103 cm³/mol. The van der Waals surface area contributed by atoms with E-state index in [1.807, 2.05) is 0 Å². The standard InChI is InChI=1S/C22H20F4N2O2/c1-13(29)9-18(19-11-27-28-14(19)2)17-8-7-16(10-21(17)23)30-12-15-5-3-4-6-20(15)22(24,25)26/h3-8,10-11,18H,9,12H2,1-2H3,(H,27,28). The summed E-state index contributed by atoms with van der Waals surface area (Å²) in [6, 6.07) is 9.16. The van der Waals surface area contributed by atoms with Crippen LogP contribution in [0.1, 0.15) is 47.2 Å². The molecule has 158 valence electrons. The quantitative estimate of drug-likeness (QED) is 0.509. The van der Waals surface area contributed by atoms with Crippen LogP contribution in [0.3, 0.4) is 0 Å². The molecule has 0 aliphatic heterocycles. The summed E-state index contributed by atoms with van der Waals surface area (Å²) < 4.78 is 59.6. The second-order valence-corrected chi connectivity index (χ2v) is 7.04. The molecule has 30 heavy (non-hydrogen) atoms. The third kappa shape index (κ3) is 4.87. The molecule has 0 saturated heterocycles. The van der Waals surface area contributed by atoms with Crippen molar-refractivity contribution in [2.24, 2.45) is 0 Å². The second-order valence-electron chi connectivity index (χ2n) is 7.04. The van der Waals surface area contributed by atoms with E-state index in [0.29, 0.717) is 5.56 Å². The van der Waals surface area contributed by atoms with Crippen molar-refractivity contribution in [2.75, 3.05) is 0 Å². The Morgan fingerprint density at radius 1 is 1.17 bits per heavy atom. The van der Waals surface area contributed by atoms with Crippen molar-refractivity contribution in [3.8, 4) is 5.75 Å². The van der Waals surface area contributed by atoms with Crippen LogP contribution >= 0.6 is 0 Å². The minimum absolute atomic E-state index is 0.0436. The Hall–Kier alpha value is -3.16. The van der Waals surface area contributed by atoms with Crippen LogP contribution in [0.4, 0.5) is 17.6 Å². The summed E-state index contributed by atoms with van der Waals surface area (Å²) in [5.41, 5.74) is 0.886. The number of rotatable bonds is 7. The van der Waals surface area contributed by atoms with Gasteiger partial charge in [-0.1, -0.05) is 24.3 Å². The average molecular weight is 420 g/mol. The topological polar surface area (TPSA) is 55.0 Å². The summed E-state index contributed by atoms with van der Waals surface area (Å²) in [4.78, 5) is 11.7. The van der Waals surface area contributed by atoms with Crippen LogP contribution in [0.15, 0.2) is 48.7 Å². The van der Waals surface area contributed by atoms with Gasteiger partial charge in [0.2, 0.25) is 0 Å². The monoisotopic (exact) mass is 420 g/mol. The van der Waals surface area contributed by atoms with Gasteiger partial charge in [0.05, 0.1) is 11.8 Å². The Labute approximate surface area is 170 Å². The van der Waals surface area contributed by atoms with Crippen molar-refractivity contribution < 1.29 is 27.1 Å². The molecule has 0 spiro atoms. The maximum Gasteiger partial charge on any atom is 0.416 e. The fourth-order valence-corrected chi connectivity index (χ4v) is 3.35. The van der Waals surface area contributed by atoms with Crippen LogP contribution in [-0.2, 0) is 17.6 Å². The number of aromatic amines is 1. The Bertz CT molecular complexity index is 1040. The van der Waals surface area contributed by atoms with Crippen LogP contribution in [0.2, 0.25) is 0 Å². The second kappa shape index (κ2) is 8.69. The maximum absolute atomic E-state index is 14.9. The first-order chi connectivity index (χ1) is 14.2. The van der Waals surface area contributed by atoms with Gasteiger partial charge in [0, 0.05) is 35.2 Å². The lowest BCUT2D eigenvalue weighted by Gasteiger charge is -2.18. The molecule has 1 N–H and O–H groups in total. The smallest absolute Gasteiger partial charge is 0.416 e. The highest BCUT2D eigenvalue weighted by Gasteiger charge is 2.33. The van der Waals surface area contributed by atoms with E-state index in [-0.39, 0.29) is 35.7 Å². The van der Waals surface area contributed by atoms with Crippen molar-refractivity contribution in [3.05, 3.63) is 82.4 Å². The third-order valence-corrected chi connectivity index (χ3v) is 4.80. The highest BCUT2D eigenvalue weighted by Crippen LogP contribution is 2.34. The van der Waals surface area contributed by atoms with Gasteiger partial charge in [0.1, 0.15) is 24.0 Å². The fraction of sp³-hybridized carbons (Fsp3) is 0.273. The summed E-state index contributed by atoms with van der Waals surface area (Å²) in [7, 11) is 0. The van der Waals surface area contributed by atoms with Crippen LogP contribution in [0.25, 0.3) is 0 Å². The number of ether oxygens (including phenoxy) is 1. The molecular formula is C22H20F4N2O2. The van der Waals surface area contributed by atoms with E-state index in [0.717, 1.165) is 17.8 Å². The Balaban J connectivity index is 1.83. The molecule has 3 rings (SSSR count). The summed E-state index contributed by atoms with van der Waals surface area (Å²) in [5.74, 6) is -1.15. The number of ketones is 1. The van der Waals surface area contributed by atoms with E-state index >= 15 is 0 Å². The average Bonchev–Trinajstić information content (AvgIpc) is 3.10. The van der Waals surface area contributed by atoms with Gasteiger partial charge in [0.25, 0.3) is 0 Å². The Morgan fingerprint density at radius 3 is 2.50 bits per heavy atom. The van der Waals surface area contributed by atoms with Gasteiger partial charge < -0.3 is 4.74 Å². The van der Waals surface area contributed by atoms with Crippen LogP contribution < -0.4 is 4.74 Å². The van der Waals surface area contributed by atoms with E-state index < -0.39 is 23.5 Å². The molecule has 0 amide bonds. The molecule has 0 bridgehead atoms. The molecule has 1 unspecified atom stereocenters. The molecule has 2 aromatic carbocycles. The van der Waals surface area contributed by atoms with E-state index in [1.54, 1.807) is 13.1 Å². The van der Waals surface area contributed by atoms with Gasteiger partial charge in [-0.15, -0.1) is 0 Å². The number of nitrogens with zero attached hydrogens (tertiary/aromatic N) is 1. The van der Waals surface area contributed by atoms with E-state index in [9.17, 15) is 22.4 Å². The normalized spacial score (nSPS) is 12.6. The number of nitrogens with one attached hydrogen (secondary N) is 1. The first-order valence-corrected chi connectivity index (χ1v) is 9.23. The number of H-pyrrole nitrogens is 1. The summed E-state index contributed by atoms with van der Waals surface area (Å²) in [6.45, 7) is 2.85. The van der Waals surface area contributed by atoms with Crippen LogP contribution in [0, 0.1) is 12.7 Å². The number of hydrogen-bond acceptors (Lipinski definition) is 3. The number of carbonyl (C=O) groups excluding carboxylic acids is 1. The van der Waals surface area contributed by atoms with E-state index in [4.69, 9.17) is 4.74 Å². The van der Waals surface area contributed by atoms with Crippen molar-refractivity contribution >= 4 is 5.78 Å². The molecule has 1 heterocycles. The van der Waals surface area contributed by atoms with Gasteiger partial charge in [-0.25, -0.2) is 4.39 Å². The molecular weight excluding hydrogens is 400 g/mol. The number of alkyl halides is 3. The molecule has 0 radical (unpaired) electrons. The Morgan fingerprint density at radius 2 is 1.90 bits per heavy atom. The zero-order valence-electron chi connectivity index (χ0n) is 16.4. The maximum atomic E-state index is 14.9. The van der Waals surface area contributed by atoms with Gasteiger partial charge in [0.15, 0.2) is 0 Å². The Kier molecular flexibility index (Phi) is 6.24. The van der Waals surface area contributed by atoms with Gasteiger partial charge in [-0.3, -0.25) is 9.89 Å². The lowest BCUT2D eigenvalue weighted by atomic mass is 9.87. The number of hydrogen-bond donors (Lipinski definition) is 1. The predicted octanol–water partition coefficient (Wildman–Crippen LogP) is 5.57. The number of carbonyl (C=O) groups is 1. The number of Topliss-reactive ketones (excluding diaryl/α,β-unsaturated/α-hetero) is 1. The molecule has 0 saturated carbocycles. The van der Waals surface area contributed by atoms with Crippen molar-refractivity contribution in [1.82, 2.24) is 10.2 Å². The van der Waals surface area contributed by atoms with Crippen LogP contribution in [-0.4, -0.2) is 16.0 Å².